The predicted molar refractivity (Wildman–Crippen MR) is 157 cm³/mol. The maximum absolute atomic E-state index is 13.3. The molecule has 0 aromatic heterocycles. The molecule has 0 aliphatic rings. The third-order valence-electron chi connectivity index (χ3n) is 6.65. The number of aryl methyl sites for hydroxylation is 3. The number of aliphatic carboxylic acids is 1. The fraction of sp³-hybridized carbons (Fsp3) is 0.212. The Hall–Kier alpha value is -3.63. The van der Waals surface area contributed by atoms with Crippen molar-refractivity contribution in [1.29, 1.82) is 0 Å². The molecule has 1 amide bonds. The van der Waals surface area contributed by atoms with E-state index in [1.54, 1.807) is 6.07 Å². The van der Waals surface area contributed by atoms with E-state index in [2.05, 4.69) is 5.32 Å². The smallest absolute Gasteiger partial charge is 0.548 e. The number of amides is 1. The van der Waals surface area contributed by atoms with Crippen molar-refractivity contribution in [2.45, 2.75) is 32.2 Å². The molecule has 4 aromatic rings. The van der Waals surface area contributed by atoms with Crippen LogP contribution in [0, 0.1) is 6.92 Å². The summed E-state index contributed by atoms with van der Waals surface area (Å²) in [5.74, 6) is -0.188. The zero-order valence-electron chi connectivity index (χ0n) is 23.6. The van der Waals surface area contributed by atoms with Crippen LogP contribution in [0.25, 0.3) is 11.1 Å². The molecule has 206 valence electrons. The zero-order chi connectivity index (χ0) is 28.5. The van der Waals surface area contributed by atoms with E-state index in [-0.39, 0.29) is 31.0 Å². The van der Waals surface area contributed by atoms with Gasteiger partial charge in [-0.1, -0.05) is 66.7 Å². The minimum atomic E-state index is -1.40. The number of ether oxygens (including phenoxy) is 1. The van der Waals surface area contributed by atoms with Gasteiger partial charge >= 0.3 is 18.9 Å². The molecule has 0 saturated heterocycles. The first kappa shape index (κ1) is 31.9. The van der Waals surface area contributed by atoms with E-state index in [1.807, 2.05) is 97.9 Å². The Morgan fingerprint density at radius 3 is 2.10 bits per heavy atom. The average Bonchev–Trinajstić information content (AvgIpc) is 2.95. The summed E-state index contributed by atoms with van der Waals surface area (Å²) in [4.78, 5) is 24.9. The molecule has 41 heavy (non-hydrogen) atoms. The van der Waals surface area contributed by atoms with E-state index >= 15 is 0 Å². The van der Waals surface area contributed by atoms with Crippen LogP contribution in [0.2, 0.25) is 0 Å². The van der Waals surface area contributed by atoms with Crippen molar-refractivity contribution in [3.63, 3.8) is 0 Å². The SMILES string of the molecule is Cc1ccccc1-c1cc(CCc2ccc(Oc3ccccc3)cc2)ccc1C(=O)NC(CCS(C)=O)C(=O)[O-].[Li+]. The molecule has 0 aliphatic carbocycles. The Kier molecular flexibility index (Phi) is 12.0. The average molecular weight is 562 g/mol. The molecule has 0 saturated carbocycles. The summed E-state index contributed by atoms with van der Waals surface area (Å²) in [5.41, 5.74) is 5.22. The third kappa shape index (κ3) is 9.19. The zero-order valence-corrected chi connectivity index (χ0v) is 24.4. The second-order valence-electron chi connectivity index (χ2n) is 9.66. The number of rotatable bonds is 12. The molecule has 2 atom stereocenters. The van der Waals surface area contributed by atoms with Crippen molar-refractivity contribution < 1.29 is 42.5 Å². The number of carbonyl (C=O) groups excluding carboxylic acids is 2. The summed E-state index contributed by atoms with van der Waals surface area (Å²) in [6.45, 7) is 1.98. The minimum absolute atomic E-state index is 0. The van der Waals surface area contributed by atoms with Crippen LogP contribution in [0.4, 0.5) is 0 Å². The summed E-state index contributed by atoms with van der Waals surface area (Å²) < 4.78 is 17.4. The van der Waals surface area contributed by atoms with Gasteiger partial charge in [-0.3, -0.25) is 9.00 Å². The van der Waals surface area contributed by atoms with Crippen LogP contribution in [0.5, 0.6) is 11.5 Å². The van der Waals surface area contributed by atoms with Gasteiger partial charge < -0.3 is 20.0 Å². The quantitative estimate of drug-likeness (QED) is 0.267. The number of carbonyl (C=O) groups is 2. The van der Waals surface area contributed by atoms with Gasteiger partial charge in [0.15, 0.2) is 0 Å². The molecular formula is C33H32LiNO5S. The molecule has 0 heterocycles. The van der Waals surface area contributed by atoms with E-state index in [0.717, 1.165) is 52.2 Å². The molecule has 8 heteroatoms. The Morgan fingerprint density at radius 1 is 0.829 bits per heavy atom. The molecule has 0 fully saturated rings. The van der Waals surface area contributed by atoms with E-state index in [4.69, 9.17) is 4.74 Å². The molecule has 0 aliphatic heterocycles. The summed E-state index contributed by atoms with van der Waals surface area (Å²) in [7, 11) is -1.18. The van der Waals surface area contributed by atoms with Gasteiger partial charge in [-0.15, -0.1) is 0 Å². The molecule has 0 radical (unpaired) electrons. The summed E-state index contributed by atoms with van der Waals surface area (Å²) in [6.07, 6.45) is 3.08. The van der Waals surface area contributed by atoms with Crippen LogP contribution >= 0.6 is 0 Å². The Bertz CT molecular complexity index is 1490. The van der Waals surface area contributed by atoms with Crippen molar-refractivity contribution in [2.75, 3.05) is 12.0 Å². The minimum Gasteiger partial charge on any atom is -0.548 e. The molecule has 4 aromatic carbocycles. The topological polar surface area (TPSA) is 95.5 Å². The first-order valence-corrected chi connectivity index (χ1v) is 14.9. The van der Waals surface area contributed by atoms with E-state index in [0.29, 0.717) is 5.56 Å². The van der Waals surface area contributed by atoms with E-state index in [9.17, 15) is 18.9 Å². The predicted octanol–water partition coefficient (Wildman–Crippen LogP) is 1.86. The van der Waals surface area contributed by atoms with Crippen molar-refractivity contribution in [3.05, 3.63) is 119 Å². The standard InChI is InChI=1S/C33H33NO5S.Li/c1-23-8-6-7-11-28(23)30-22-25(16-19-29(30)32(35)34-31(33(36)37)20-21-40(2)38)13-12-24-14-17-27(18-15-24)39-26-9-4-3-5-10-26;/h3-11,14-19,22,31H,12-13,20-21H2,1-2H3,(H,34,35)(H,36,37);/q;+1/p-1. The number of hydrogen-bond acceptors (Lipinski definition) is 5. The van der Waals surface area contributed by atoms with Gasteiger partial charge in [0.2, 0.25) is 0 Å². The Balaban J connectivity index is 0.00000462. The van der Waals surface area contributed by atoms with E-state index < -0.39 is 28.7 Å². The first-order chi connectivity index (χ1) is 19.3. The van der Waals surface area contributed by atoms with Crippen LogP contribution in [0.3, 0.4) is 0 Å². The Labute approximate surface area is 255 Å². The third-order valence-corrected chi connectivity index (χ3v) is 7.46. The number of benzene rings is 4. The first-order valence-electron chi connectivity index (χ1n) is 13.1. The van der Waals surface area contributed by atoms with Gasteiger partial charge in [-0.2, -0.15) is 0 Å². The van der Waals surface area contributed by atoms with Gasteiger partial charge in [-0.05, 0) is 84.3 Å². The summed E-state index contributed by atoms with van der Waals surface area (Å²) in [5, 5.41) is 14.2. The molecule has 2 unspecified atom stereocenters. The molecule has 0 spiro atoms. The van der Waals surface area contributed by atoms with Gasteiger partial charge in [0.1, 0.15) is 11.5 Å². The van der Waals surface area contributed by atoms with Gasteiger partial charge in [0, 0.05) is 28.4 Å². The number of nitrogens with one attached hydrogen (secondary N) is 1. The maximum atomic E-state index is 13.3. The van der Waals surface area contributed by atoms with Gasteiger partial charge in [0.05, 0.1) is 12.0 Å². The largest absolute Gasteiger partial charge is 1.00 e. The van der Waals surface area contributed by atoms with Crippen molar-refractivity contribution in [2.24, 2.45) is 0 Å². The normalized spacial score (nSPS) is 12.0. The van der Waals surface area contributed by atoms with Gasteiger partial charge in [0.25, 0.3) is 5.91 Å². The fourth-order valence-electron chi connectivity index (χ4n) is 4.45. The molecule has 4 rings (SSSR count). The number of carboxylic acids is 1. The van der Waals surface area contributed by atoms with Crippen molar-refractivity contribution in [1.82, 2.24) is 5.32 Å². The molecule has 0 bridgehead atoms. The van der Waals surface area contributed by atoms with Crippen molar-refractivity contribution >= 4 is 22.7 Å². The maximum Gasteiger partial charge on any atom is 1.00 e. The Morgan fingerprint density at radius 2 is 1.44 bits per heavy atom. The van der Waals surface area contributed by atoms with E-state index in [1.165, 1.54) is 6.26 Å². The summed E-state index contributed by atoms with van der Waals surface area (Å²) >= 11 is 0. The van der Waals surface area contributed by atoms with Crippen LogP contribution in [0.15, 0.2) is 97.1 Å². The van der Waals surface area contributed by atoms with Crippen LogP contribution in [-0.2, 0) is 28.4 Å². The summed E-state index contributed by atoms with van der Waals surface area (Å²) in [6, 6.07) is 29.8. The fourth-order valence-corrected chi connectivity index (χ4v) is 5.02. The number of carboxylic acid groups (broad SMARTS) is 1. The van der Waals surface area contributed by atoms with Crippen LogP contribution in [-0.4, -0.2) is 34.1 Å². The molecule has 6 nitrogen and oxygen atoms in total. The second-order valence-corrected chi connectivity index (χ2v) is 11.2. The second kappa shape index (κ2) is 15.4. The molecule has 1 N–H and O–H groups in total. The van der Waals surface area contributed by atoms with Crippen molar-refractivity contribution in [3.8, 4) is 22.6 Å². The monoisotopic (exact) mass is 561 g/mol. The van der Waals surface area contributed by atoms with Crippen LogP contribution in [0.1, 0.15) is 33.5 Å². The number of para-hydroxylation sites is 1. The van der Waals surface area contributed by atoms with Gasteiger partial charge in [-0.25, -0.2) is 0 Å². The van der Waals surface area contributed by atoms with Crippen LogP contribution < -0.4 is 34.0 Å². The number of hydrogen-bond donors (Lipinski definition) is 1. The molecular weight excluding hydrogens is 529 g/mol.